The molecule has 5 heterocycles. The minimum Gasteiger partial charge on any atom is -0.550 e. The number of benzene rings is 1. The SMILES string of the molecule is CC=C1C[N+]2(C)C3CC1C(C(=O)[O-])C2Cc1c3[nH]c2ccccc12. The molecule has 5 unspecified atom stereocenters. The number of piperidine rings is 3. The number of carbonyl (C=O) groups is 1. The number of para-hydroxylation sites is 1. The Balaban J connectivity index is 1.75. The number of carbonyl (C=O) groups excluding carboxylic acids is 1. The van der Waals surface area contributed by atoms with Crippen LogP contribution in [0.25, 0.3) is 10.9 Å². The first-order chi connectivity index (χ1) is 11.5. The van der Waals surface area contributed by atoms with E-state index in [0.717, 1.165) is 23.9 Å². The van der Waals surface area contributed by atoms with Crippen LogP contribution in [0, 0.1) is 11.8 Å². The lowest BCUT2D eigenvalue weighted by molar-refractivity contribution is -0.977. The monoisotopic (exact) mass is 322 g/mol. The number of hydrogen-bond acceptors (Lipinski definition) is 2. The first-order valence-electron chi connectivity index (χ1n) is 8.85. The molecule has 1 aromatic heterocycles. The molecule has 4 nitrogen and oxygen atoms in total. The maximum absolute atomic E-state index is 12.0. The van der Waals surface area contributed by atoms with Gasteiger partial charge in [-0.2, -0.15) is 0 Å². The number of hydrogen-bond donors (Lipinski definition) is 1. The van der Waals surface area contributed by atoms with Crippen molar-refractivity contribution in [3.63, 3.8) is 0 Å². The van der Waals surface area contributed by atoms with Crippen LogP contribution in [0.15, 0.2) is 35.9 Å². The van der Waals surface area contributed by atoms with Gasteiger partial charge in [0.15, 0.2) is 0 Å². The van der Waals surface area contributed by atoms with Crippen molar-refractivity contribution in [1.29, 1.82) is 0 Å². The van der Waals surface area contributed by atoms with Crippen LogP contribution < -0.4 is 5.11 Å². The van der Waals surface area contributed by atoms with Gasteiger partial charge >= 0.3 is 0 Å². The molecule has 1 aromatic carbocycles. The summed E-state index contributed by atoms with van der Waals surface area (Å²) in [4.78, 5) is 15.7. The highest BCUT2D eigenvalue weighted by Crippen LogP contribution is 2.57. The van der Waals surface area contributed by atoms with E-state index >= 15 is 0 Å². The van der Waals surface area contributed by atoms with Gasteiger partial charge in [-0.3, -0.25) is 0 Å². The zero-order valence-corrected chi connectivity index (χ0v) is 14.1. The second kappa shape index (κ2) is 4.51. The quantitative estimate of drug-likeness (QED) is 0.644. The molecule has 0 amide bonds. The molecule has 6 rings (SSSR count). The number of nitrogens with one attached hydrogen (secondary N) is 1. The summed E-state index contributed by atoms with van der Waals surface area (Å²) in [7, 11) is 2.25. The molecule has 0 aliphatic carbocycles. The van der Waals surface area contributed by atoms with Crippen molar-refractivity contribution in [2.24, 2.45) is 11.8 Å². The summed E-state index contributed by atoms with van der Waals surface area (Å²) >= 11 is 0. The van der Waals surface area contributed by atoms with Crippen molar-refractivity contribution < 1.29 is 14.4 Å². The summed E-state index contributed by atoms with van der Waals surface area (Å²) in [6.45, 7) is 3.01. The Kier molecular flexibility index (Phi) is 2.69. The standard InChI is InChI=1S/C20H22N2O2/c1-3-11-10-22(2)16-9-14-12-6-4-5-7-15(12)21-19(14)17(22)8-13(11)18(16)20(23)24/h3-7,13,16-18,21H,8-10H2,1-2H3. The maximum atomic E-state index is 12.0. The fourth-order valence-corrected chi connectivity index (χ4v) is 5.92. The lowest BCUT2D eigenvalue weighted by atomic mass is 9.62. The van der Waals surface area contributed by atoms with Gasteiger partial charge in [-0.15, -0.1) is 0 Å². The summed E-state index contributed by atoms with van der Waals surface area (Å²) in [5, 5.41) is 13.3. The number of allylic oxidation sites excluding steroid dienone is 1. The highest BCUT2D eigenvalue weighted by atomic mass is 16.4. The average Bonchev–Trinajstić information content (AvgIpc) is 2.92. The van der Waals surface area contributed by atoms with E-state index in [0.29, 0.717) is 6.04 Å². The summed E-state index contributed by atoms with van der Waals surface area (Å²) in [6.07, 6.45) is 3.88. The molecule has 1 N–H and O–H groups in total. The van der Waals surface area contributed by atoms with Crippen LogP contribution in [0.3, 0.4) is 0 Å². The van der Waals surface area contributed by atoms with Gasteiger partial charge in [0.1, 0.15) is 18.6 Å². The Morgan fingerprint density at radius 3 is 2.92 bits per heavy atom. The van der Waals surface area contributed by atoms with Crippen LogP contribution in [-0.4, -0.2) is 35.1 Å². The third-order valence-electron chi connectivity index (χ3n) is 7.03. The fraction of sp³-hybridized carbons (Fsp3) is 0.450. The van der Waals surface area contributed by atoms with E-state index in [1.54, 1.807) is 0 Å². The molecule has 0 saturated carbocycles. The van der Waals surface area contributed by atoms with Crippen LogP contribution in [0.4, 0.5) is 0 Å². The van der Waals surface area contributed by atoms with Crippen LogP contribution >= 0.6 is 0 Å². The number of carboxylic acid groups (broad SMARTS) is 1. The van der Waals surface area contributed by atoms with Crippen molar-refractivity contribution in [1.82, 2.24) is 4.98 Å². The molecule has 0 spiro atoms. The van der Waals surface area contributed by atoms with Gasteiger partial charge in [0, 0.05) is 29.7 Å². The Hall–Kier alpha value is -2.07. The van der Waals surface area contributed by atoms with Crippen LogP contribution in [0.1, 0.15) is 30.6 Å². The zero-order chi connectivity index (χ0) is 16.6. The number of fused-ring (bicyclic) bond motifs is 4. The summed E-state index contributed by atoms with van der Waals surface area (Å²) in [5.41, 5.74) is 5.16. The minimum atomic E-state index is -0.866. The largest absolute Gasteiger partial charge is 0.550 e. The van der Waals surface area contributed by atoms with E-state index < -0.39 is 5.97 Å². The molecule has 4 aliphatic rings. The number of likely N-dealkylation sites (N-methyl/N-ethyl adjacent to an activating group) is 1. The van der Waals surface area contributed by atoms with E-state index in [-0.39, 0.29) is 17.9 Å². The summed E-state index contributed by atoms with van der Waals surface area (Å²) in [6, 6.07) is 8.90. The summed E-state index contributed by atoms with van der Waals surface area (Å²) in [5.74, 6) is -1.10. The lowest BCUT2D eigenvalue weighted by Gasteiger charge is -2.63. The van der Waals surface area contributed by atoms with Crippen LogP contribution in [0.5, 0.6) is 0 Å². The summed E-state index contributed by atoms with van der Waals surface area (Å²) < 4.78 is 0.814. The predicted molar refractivity (Wildman–Crippen MR) is 89.9 cm³/mol. The van der Waals surface area contributed by atoms with E-state index in [1.165, 1.54) is 27.7 Å². The van der Waals surface area contributed by atoms with Gasteiger partial charge in [0.25, 0.3) is 0 Å². The van der Waals surface area contributed by atoms with E-state index in [9.17, 15) is 9.90 Å². The average molecular weight is 322 g/mol. The van der Waals surface area contributed by atoms with Gasteiger partial charge in [-0.05, 0) is 24.1 Å². The Morgan fingerprint density at radius 1 is 1.38 bits per heavy atom. The number of H-pyrrole nitrogens is 1. The number of nitrogens with zero attached hydrogens (tertiary/aromatic N) is 1. The Morgan fingerprint density at radius 2 is 2.17 bits per heavy atom. The second-order valence-electron chi connectivity index (χ2n) is 7.91. The first-order valence-corrected chi connectivity index (χ1v) is 8.85. The van der Waals surface area contributed by atoms with Crippen LogP contribution in [0.2, 0.25) is 0 Å². The van der Waals surface area contributed by atoms with Gasteiger partial charge in [-0.1, -0.05) is 24.3 Å². The van der Waals surface area contributed by atoms with Crippen molar-refractivity contribution in [2.45, 2.75) is 31.8 Å². The van der Waals surface area contributed by atoms with Crippen molar-refractivity contribution in [2.75, 3.05) is 13.6 Å². The third-order valence-corrected chi connectivity index (χ3v) is 7.03. The molecular weight excluding hydrogens is 300 g/mol. The molecule has 5 atom stereocenters. The van der Waals surface area contributed by atoms with Crippen molar-refractivity contribution >= 4 is 16.9 Å². The first kappa shape index (κ1) is 14.3. The molecule has 4 aliphatic heterocycles. The highest BCUT2D eigenvalue weighted by Gasteiger charge is 2.62. The molecule has 124 valence electrons. The molecule has 0 radical (unpaired) electrons. The van der Waals surface area contributed by atoms with Crippen molar-refractivity contribution in [3.05, 3.63) is 47.2 Å². The molecular formula is C20H22N2O2. The Bertz CT molecular complexity index is 896. The number of aromatic nitrogens is 1. The van der Waals surface area contributed by atoms with Crippen molar-refractivity contribution in [3.8, 4) is 0 Å². The maximum Gasteiger partial charge on any atom is 0.131 e. The van der Waals surface area contributed by atoms with Gasteiger partial charge in [0.05, 0.1) is 24.6 Å². The number of carboxylic acids is 1. The molecule has 24 heavy (non-hydrogen) atoms. The van der Waals surface area contributed by atoms with Crippen LogP contribution in [-0.2, 0) is 11.2 Å². The molecule has 3 saturated heterocycles. The minimum absolute atomic E-state index is 0.120. The second-order valence-corrected chi connectivity index (χ2v) is 7.91. The lowest BCUT2D eigenvalue weighted by Crippen LogP contribution is -2.72. The third kappa shape index (κ3) is 1.55. The van der Waals surface area contributed by atoms with E-state index in [2.05, 4.69) is 42.4 Å². The molecule has 2 aromatic rings. The normalized spacial score (nSPS) is 38.5. The van der Waals surface area contributed by atoms with Gasteiger partial charge in [-0.25, -0.2) is 0 Å². The highest BCUT2D eigenvalue weighted by molar-refractivity contribution is 5.85. The molecule has 4 bridgehead atoms. The number of aromatic amines is 1. The topological polar surface area (TPSA) is 55.9 Å². The smallest absolute Gasteiger partial charge is 0.131 e. The number of quaternary nitrogens is 1. The van der Waals surface area contributed by atoms with E-state index in [1.807, 2.05) is 6.92 Å². The molecule has 3 fully saturated rings. The number of aliphatic carboxylic acids is 1. The number of rotatable bonds is 1. The fourth-order valence-electron chi connectivity index (χ4n) is 5.92. The molecule has 4 heteroatoms. The Labute approximate surface area is 141 Å². The zero-order valence-electron chi connectivity index (χ0n) is 14.1. The van der Waals surface area contributed by atoms with Gasteiger partial charge < -0.3 is 19.4 Å². The van der Waals surface area contributed by atoms with Gasteiger partial charge in [0.2, 0.25) is 0 Å². The predicted octanol–water partition coefficient (Wildman–Crippen LogP) is 1.93. The van der Waals surface area contributed by atoms with E-state index in [4.69, 9.17) is 0 Å².